The molecule has 3 nitrogen and oxygen atoms in total. The van der Waals surface area contributed by atoms with Gasteiger partial charge in [0, 0.05) is 5.56 Å². The molecule has 0 fully saturated rings. The summed E-state index contributed by atoms with van der Waals surface area (Å²) in [6.07, 6.45) is 0. The second-order valence-corrected chi connectivity index (χ2v) is 5.10. The highest BCUT2D eigenvalue weighted by Crippen LogP contribution is 2.44. The van der Waals surface area contributed by atoms with Crippen LogP contribution in [0.25, 0.3) is 0 Å². The van der Waals surface area contributed by atoms with Crippen molar-refractivity contribution in [1.29, 1.82) is 0 Å². The summed E-state index contributed by atoms with van der Waals surface area (Å²) in [6.45, 7) is 6.75. The molecule has 1 rings (SSSR count). The van der Waals surface area contributed by atoms with E-state index in [-0.39, 0.29) is 5.92 Å². The zero-order valence-corrected chi connectivity index (χ0v) is 12.5. The van der Waals surface area contributed by atoms with Gasteiger partial charge in [-0.2, -0.15) is 0 Å². The van der Waals surface area contributed by atoms with Gasteiger partial charge in [0.05, 0.1) is 19.2 Å². The van der Waals surface area contributed by atoms with E-state index in [1.807, 2.05) is 13.0 Å². The molecule has 0 saturated carbocycles. The first-order valence-corrected chi connectivity index (χ1v) is 6.49. The van der Waals surface area contributed by atoms with E-state index in [1.54, 1.807) is 14.2 Å². The number of methoxy groups -OCH3 is 2. The van der Waals surface area contributed by atoms with Gasteiger partial charge >= 0.3 is 0 Å². The van der Waals surface area contributed by atoms with E-state index in [0.717, 1.165) is 16.1 Å². The average Bonchev–Trinajstić information content (AvgIpc) is 2.36. The minimum absolute atomic E-state index is 0.125. The van der Waals surface area contributed by atoms with Gasteiger partial charge in [0.25, 0.3) is 0 Å². The molecule has 1 aromatic carbocycles. The van der Waals surface area contributed by atoms with E-state index in [2.05, 4.69) is 13.8 Å². The number of halogens is 1. The zero-order chi connectivity index (χ0) is 13.9. The molecule has 0 aromatic heterocycles. The smallest absolute Gasteiger partial charge is 0.165 e. The first-order valence-electron chi connectivity index (χ1n) is 6.12. The molecule has 0 heterocycles. The first-order chi connectivity index (χ1) is 8.47. The lowest BCUT2D eigenvalue weighted by atomic mass is 9.93. The number of hydrogen-bond donors (Lipinski definition) is 1. The van der Waals surface area contributed by atoms with Crippen LogP contribution in [0.4, 0.5) is 0 Å². The molecule has 2 N–H and O–H groups in total. The Kier molecular flexibility index (Phi) is 5.29. The highest BCUT2D eigenvalue weighted by Gasteiger charge is 2.23. The molecule has 1 aromatic rings. The van der Waals surface area contributed by atoms with Gasteiger partial charge in [0.15, 0.2) is 11.5 Å². The number of rotatable bonds is 5. The highest BCUT2D eigenvalue weighted by molar-refractivity contribution is 6.32. The lowest BCUT2D eigenvalue weighted by Gasteiger charge is -2.22. The molecule has 0 amide bonds. The van der Waals surface area contributed by atoms with E-state index in [1.165, 1.54) is 0 Å². The van der Waals surface area contributed by atoms with Crippen molar-refractivity contribution in [3.05, 3.63) is 22.2 Å². The second-order valence-electron chi connectivity index (χ2n) is 4.72. The molecular weight excluding hydrogens is 250 g/mol. The SMILES string of the molecule is COc1cc(C(C)C)c(Cl)c(C(C)CN)c1OC. The Bertz CT molecular complexity index is 419. The minimum Gasteiger partial charge on any atom is -0.493 e. The molecule has 0 aliphatic rings. The Labute approximate surface area is 114 Å². The van der Waals surface area contributed by atoms with Crippen LogP contribution in [0.15, 0.2) is 6.07 Å². The fourth-order valence-electron chi connectivity index (χ4n) is 2.00. The van der Waals surface area contributed by atoms with E-state index in [0.29, 0.717) is 24.0 Å². The Morgan fingerprint density at radius 3 is 2.22 bits per heavy atom. The van der Waals surface area contributed by atoms with Crippen LogP contribution >= 0.6 is 11.6 Å². The van der Waals surface area contributed by atoms with Gasteiger partial charge in [0.1, 0.15) is 0 Å². The van der Waals surface area contributed by atoms with Gasteiger partial charge in [-0.1, -0.05) is 32.4 Å². The fourth-order valence-corrected chi connectivity index (χ4v) is 2.54. The number of ether oxygens (including phenoxy) is 2. The molecule has 1 atom stereocenters. The maximum atomic E-state index is 6.50. The van der Waals surface area contributed by atoms with Crippen LogP contribution in [-0.4, -0.2) is 20.8 Å². The van der Waals surface area contributed by atoms with Crippen molar-refractivity contribution < 1.29 is 9.47 Å². The predicted molar refractivity (Wildman–Crippen MR) is 76.1 cm³/mol. The fraction of sp³-hybridized carbons (Fsp3) is 0.571. The third-order valence-corrected chi connectivity index (χ3v) is 3.56. The quantitative estimate of drug-likeness (QED) is 0.891. The maximum Gasteiger partial charge on any atom is 0.165 e. The Hall–Kier alpha value is -0.930. The largest absolute Gasteiger partial charge is 0.493 e. The Balaban J connectivity index is 3.56. The summed E-state index contributed by atoms with van der Waals surface area (Å²) < 4.78 is 10.8. The Morgan fingerprint density at radius 1 is 1.22 bits per heavy atom. The molecule has 0 aliphatic heterocycles. The molecule has 0 aliphatic carbocycles. The van der Waals surface area contributed by atoms with Crippen molar-refractivity contribution in [3.63, 3.8) is 0 Å². The van der Waals surface area contributed by atoms with Crippen molar-refractivity contribution in [2.24, 2.45) is 5.73 Å². The van der Waals surface area contributed by atoms with Crippen LogP contribution in [0.2, 0.25) is 5.02 Å². The van der Waals surface area contributed by atoms with Crippen LogP contribution < -0.4 is 15.2 Å². The summed E-state index contributed by atoms with van der Waals surface area (Å²) in [5, 5.41) is 0.737. The number of benzene rings is 1. The van der Waals surface area contributed by atoms with E-state index in [9.17, 15) is 0 Å². The van der Waals surface area contributed by atoms with Crippen LogP contribution in [0.5, 0.6) is 11.5 Å². The third-order valence-electron chi connectivity index (χ3n) is 3.14. The molecule has 0 saturated heterocycles. The Morgan fingerprint density at radius 2 is 1.83 bits per heavy atom. The topological polar surface area (TPSA) is 44.5 Å². The molecule has 0 radical (unpaired) electrons. The monoisotopic (exact) mass is 271 g/mol. The van der Waals surface area contributed by atoms with Crippen molar-refractivity contribution in [2.45, 2.75) is 32.6 Å². The predicted octanol–water partition coefficient (Wildman–Crippen LogP) is 3.54. The highest BCUT2D eigenvalue weighted by atomic mass is 35.5. The number of hydrogen-bond acceptors (Lipinski definition) is 3. The molecule has 18 heavy (non-hydrogen) atoms. The summed E-state index contributed by atoms with van der Waals surface area (Å²) in [4.78, 5) is 0. The molecular formula is C14H22ClNO2. The normalized spacial score (nSPS) is 12.7. The van der Waals surface area contributed by atoms with Crippen LogP contribution in [0.1, 0.15) is 43.7 Å². The van der Waals surface area contributed by atoms with Crippen molar-refractivity contribution in [1.82, 2.24) is 0 Å². The summed E-state index contributed by atoms with van der Waals surface area (Å²) in [5.74, 6) is 1.84. The molecule has 4 heteroatoms. The van der Waals surface area contributed by atoms with Crippen molar-refractivity contribution in [2.75, 3.05) is 20.8 Å². The van der Waals surface area contributed by atoms with Gasteiger partial charge in [0.2, 0.25) is 0 Å². The lowest BCUT2D eigenvalue weighted by molar-refractivity contribution is 0.349. The number of nitrogens with two attached hydrogens (primary N) is 1. The molecule has 1 unspecified atom stereocenters. The summed E-state index contributed by atoms with van der Waals surface area (Å²) in [5.41, 5.74) is 7.75. The van der Waals surface area contributed by atoms with E-state index < -0.39 is 0 Å². The summed E-state index contributed by atoms with van der Waals surface area (Å²) >= 11 is 6.50. The van der Waals surface area contributed by atoms with Crippen LogP contribution in [0.3, 0.4) is 0 Å². The molecule has 102 valence electrons. The second kappa shape index (κ2) is 6.30. The van der Waals surface area contributed by atoms with Crippen LogP contribution in [0, 0.1) is 0 Å². The molecule has 0 spiro atoms. The average molecular weight is 272 g/mol. The third kappa shape index (κ3) is 2.73. The van der Waals surface area contributed by atoms with Crippen LogP contribution in [-0.2, 0) is 0 Å². The van der Waals surface area contributed by atoms with Crippen molar-refractivity contribution >= 4 is 11.6 Å². The molecule has 0 bridgehead atoms. The van der Waals surface area contributed by atoms with Gasteiger partial charge in [-0.05, 0) is 30.0 Å². The minimum atomic E-state index is 0.125. The van der Waals surface area contributed by atoms with E-state index in [4.69, 9.17) is 26.8 Å². The maximum absolute atomic E-state index is 6.50. The van der Waals surface area contributed by atoms with E-state index >= 15 is 0 Å². The lowest BCUT2D eigenvalue weighted by Crippen LogP contribution is -2.12. The van der Waals surface area contributed by atoms with Crippen molar-refractivity contribution in [3.8, 4) is 11.5 Å². The zero-order valence-electron chi connectivity index (χ0n) is 11.7. The summed E-state index contributed by atoms with van der Waals surface area (Å²) in [6, 6.07) is 1.94. The van der Waals surface area contributed by atoms with Gasteiger partial charge in [-0.25, -0.2) is 0 Å². The first kappa shape index (κ1) is 15.1. The standard InChI is InChI=1S/C14H22ClNO2/c1-8(2)10-6-11(17-4)14(18-5)12(13(10)15)9(3)7-16/h6,8-9H,7,16H2,1-5H3. The van der Waals surface area contributed by atoms with Gasteiger partial charge in [-0.15, -0.1) is 0 Å². The summed E-state index contributed by atoms with van der Waals surface area (Å²) in [7, 11) is 3.25. The van der Waals surface area contributed by atoms with Gasteiger partial charge in [-0.3, -0.25) is 0 Å². The van der Waals surface area contributed by atoms with Gasteiger partial charge < -0.3 is 15.2 Å².